The lowest BCUT2D eigenvalue weighted by molar-refractivity contribution is -0.597. The van der Waals surface area contributed by atoms with Gasteiger partial charge in [-0.1, -0.05) is 36.4 Å². The number of halogens is 1. The lowest BCUT2D eigenvalue weighted by Gasteiger charge is -2.04. The molecular formula is C18H14INO5S. The highest BCUT2D eigenvalue weighted by atomic mass is 127. The summed E-state index contributed by atoms with van der Waals surface area (Å²) in [6.45, 7) is 0. The molecule has 0 atom stereocenters. The summed E-state index contributed by atoms with van der Waals surface area (Å²) in [5.41, 5.74) is -0.257. The molecule has 0 aromatic heterocycles. The van der Waals surface area contributed by atoms with Crippen LogP contribution in [0.1, 0.15) is 0 Å². The number of nitrogens with zero attached hydrogens (tertiary/aromatic N) is 1. The van der Waals surface area contributed by atoms with Crippen LogP contribution in [0.5, 0.6) is 0 Å². The van der Waals surface area contributed by atoms with Crippen molar-refractivity contribution in [1.29, 1.82) is 0 Å². The van der Waals surface area contributed by atoms with Gasteiger partial charge in [0.15, 0.2) is 7.14 Å². The fourth-order valence-electron chi connectivity index (χ4n) is 1.82. The first-order valence-corrected chi connectivity index (χ1v) is 10.9. The van der Waals surface area contributed by atoms with Gasteiger partial charge in [-0.15, -0.1) is 0 Å². The van der Waals surface area contributed by atoms with Crippen molar-refractivity contribution in [3.05, 3.63) is 102 Å². The Labute approximate surface area is 161 Å². The molecule has 0 aliphatic rings. The van der Waals surface area contributed by atoms with Gasteiger partial charge in [0.05, 0.1) is 9.82 Å². The van der Waals surface area contributed by atoms with Gasteiger partial charge in [-0.05, 0) is 36.4 Å². The van der Waals surface area contributed by atoms with Gasteiger partial charge in [-0.3, -0.25) is 10.1 Å². The van der Waals surface area contributed by atoms with Crippen molar-refractivity contribution in [1.82, 2.24) is 0 Å². The Morgan fingerprint density at radius 2 is 1.15 bits per heavy atom. The van der Waals surface area contributed by atoms with Gasteiger partial charge in [-0.25, -0.2) is 8.42 Å². The first-order valence-electron chi connectivity index (χ1n) is 7.31. The standard InChI is InChI=1S/C12H10I.C6H5NO5S/c1-3-7-11(8-4-1)13-12-9-5-2-6-10-12;8-7(9)5-1-3-6(4-2-5)13(10,11)12/h1-10H;1-4H,(H,10,11,12)/q+1;/p-1. The molecule has 0 amide bonds. The Kier molecular flexibility index (Phi) is 7.25. The first kappa shape index (κ1) is 20.0. The van der Waals surface area contributed by atoms with E-state index in [0.717, 1.165) is 24.3 Å². The normalized spacial score (nSPS) is 10.5. The fourth-order valence-corrected chi connectivity index (χ4v) is 4.55. The molecule has 0 aliphatic carbocycles. The molecule has 3 rings (SSSR count). The second-order valence-electron chi connectivity index (χ2n) is 4.89. The maximum absolute atomic E-state index is 10.4. The molecule has 0 unspecified atom stereocenters. The van der Waals surface area contributed by atoms with Crippen LogP contribution in [0.2, 0.25) is 0 Å². The molecule has 3 aromatic carbocycles. The minimum absolute atomic E-state index is 0.0287. The molecule has 0 saturated heterocycles. The summed E-state index contributed by atoms with van der Waals surface area (Å²) in [7, 11) is -4.52. The molecule has 0 spiro atoms. The molecule has 0 radical (unpaired) electrons. The van der Waals surface area contributed by atoms with Gasteiger partial charge in [0.2, 0.25) is 0 Å². The van der Waals surface area contributed by atoms with Crippen molar-refractivity contribution in [3.8, 4) is 0 Å². The van der Waals surface area contributed by atoms with Crippen molar-refractivity contribution in [2.45, 2.75) is 4.90 Å². The fraction of sp³-hybridized carbons (Fsp3) is 0. The molecule has 0 saturated carbocycles. The predicted molar refractivity (Wildman–Crippen MR) is 91.3 cm³/mol. The van der Waals surface area contributed by atoms with Gasteiger partial charge in [0.1, 0.15) is 10.1 Å². The van der Waals surface area contributed by atoms with Crippen LogP contribution in [0.15, 0.2) is 89.8 Å². The molecule has 8 heteroatoms. The number of hydrogen-bond donors (Lipinski definition) is 0. The van der Waals surface area contributed by atoms with Crippen LogP contribution in [0, 0.1) is 17.3 Å². The van der Waals surface area contributed by atoms with E-state index in [9.17, 15) is 23.1 Å². The molecule has 134 valence electrons. The quantitative estimate of drug-likeness (QED) is 0.230. The van der Waals surface area contributed by atoms with Gasteiger partial charge < -0.3 is 4.55 Å². The van der Waals surface area contributed by atoms with Crippen LogP contribution in [0.3, 0.4) is 0 Å². The van der Waals surface area contributed by atoms with Gasteiger partial charge >= 0.3 is 21.2 Å². The predicted octanol–water partition coefficient (Wildman–Crippen LogP) is 0.314. The van der Waals surface area contributed by atoms with E-state index in [1.165, 1.54) is 7.14 Å². The van der Waals surface area contributed by atoms with E-state index >= 15 is 0 Å². The van der Waals surface area contributed by atoms with Crippen LogP contribution in [-0.4, -0.2) is 17.9 Å². The Bertz CT molecular complexity index is 908. The van der Waals surface area contributed by atoms with E-state index in [1.54, 1.807) is 0 Å². The third kappa shape index (κ3) is 6.54. The van der Waals surface area contributed by atoms with E-state index in [2.05, 4.69) is 60.7 Å². The molecule has 0 bridgehead atoms. The Balaban J connectivity index is 0.000000187. The summed E-state index contributed by atoms with van der Waals surface area (Å²) in [4.78, 5) is 8.99. The molecule has 26 heavy (non-hydrogen) atoms. The maximum atomic E-state index is 10.4. The summed E-state index contributed by atoms with van der Waals surface area (Å²) in [6, 6.07) is 25.1. The van der Waals surface area contributed by atoms with Crippen molar-refractivity contribution >= 4 is 15.8 Å². The van der Waals surface area contributed by atoms with E-state index < -0.39 is 19.9 Å². The van der Waals surface area contributed by atoms with Crippen molar-refractivity contribution in [2.75, 3.05) is 0 Å². The van der Waals surface area contributed by atoms with E-state index in [0.29, 0.717) is 0 Å². The van der Waals surface area contributed by atoms with Gasteiger partial charge in [0, 0.05) is 12.1 Å². The molecule has 0 N–H and O–H groups in total. The highest BCUT2D eigenvalue weighted by molar-refractivity contribution is 7.85. The van der Waals surface area contributed by atoms with E-state index in [4.69, 9.17) is 0 Å². The zero-order chi connectivity index (χ0) is 19.0. The van der Waals surface area contributed by atoms with Crippen LogP contribution in [0.25, 0.3) is 0 Å². The minimum atomic E-state index is -4.52. The molecule has 6 nitrogen and oxygen atoms in total. The maximum Gasteiger partial charge on any atom is 0.357 e. The third-order valence-electron chi connectivity index (χ3n) is 3.02. The molecule has 3 aromatic rings. The summed E-state index contributed by atoms with van der Waals surface area (Å²) in [5, 5.41) is 10.1. The van der Waals surface area contributed by atoms with Crippen LogP contribution in [-0.2, 0) is 10.1 Å². The average molecular weight is 483 g/mol. The Morgan fingerprint density at radius 1 is 0.731 bits per heavy atom. The highest BCUT2D eigenvalue weighted by Crippen LogP contribution is 2.14. The van der Waals surface area contributed by atoms with Crippen LogP contribution < -0.4 is 21.2 Å². The smallest absolute Gasteiger partial charge is 0.357 e. The van der Waals surface area contributed by atoms with Crippen molar-refractivity contribution in [2.24, 2.45) is 0 Å². The lowest BCUT2D eigenvalue weighted by Crippen LogP contribution is -3.61. The monoisotopic (exact) mass is 483 g/mol. The zero-order valence-electron chi connectivity index (χ0n) is 13.4. The highest BCUT2D eigenvalue weighted by Gasteiger charge is 2.12. The number of benzene rings is 3. The number of non-ortho nitro benzene ring substituents is 1. The van der Waals surface area contributed by atoms with Gasteiger partial charge in [-0.2, -0.15) is 0 Å². The first-order chi connectivity index (χ1) is 12.4. The number of hydrogen-bond acceptors (Lipinski definition) is 5. The SMILES string of the molecule is O=[N+]([O-])c1ccc(S(=O)(=O)[O-])cc1.c1ccc([I+]c2ccccc2)cc1. The lowest BCUT2D eigenvalue weighted by atomic mass is 10.3. The van der Waals surface area contributed by atoms with E-state index in [-0.39, 0.29) is 26.9 Å². The second kappa shape index (κ2) is 9.41. The zero-order valence-corrected chi connectivity index (χ0v) is 16.3. The minimum Gasteiger partial charge on any atom is -0.744 e. The topological polar surface area (TPSA) is 100 Å². The summed E-state index contributed by atoms with van der Waals surface area (Å²) in [6.07, 6.45) is 0. The number of rotatable bonds is 4. The number of nitro benzene ring substituents is 1. The van der Waals surface area contributed by atoms with Crippen LogP contribution >= 0.6 is 0 Å². The summed E-state index contributed by atoms with van der Waals surface area (Å²) in [5.74, 6) is 0. The average Bonchev–Trinajstić information content (AvgIpc) is 2.63. The summed E-state index contributed by atoms with van der Waals surface area (Å²) >= 11 is 0.0287. The van der Waals surface area contributed by atoms with Crippen molar-refractivity contribution < 1.29 is 39.1 Å². The van der Waals surface area contributed by atoms with Crippen molar-refractivity contribution in [3.63, 3.8) is 0 Å². The summed E-state index contributed by atoms with van der Waals surface area (Å²) < 4.78 is 34.1. The number of nitro groups is 1. The molecule has 0 aliphatic heterocycles. The molecule has 0 heterocycles. The van der Waals surface area contributed by atoms with E-state index in [1.807, 2.05) is 0 Å². The van der Waals surface area contributed by atoms with Gasteiger partial charge in [0.25, 0.3) is 5.69 Å². The molecular weight excluding hydrogens is 469 g/mol. The Morgan fingerprint density at radius 3 is 1.50 bits per heavy atom. The largest absolute Gasteiger partial charge is 0.744 e. The molecule has 0 fully saturated rings. The Hall–Kier alpha value is -2.30. The second-order valence-corrected chi connectivity index (χ2v) is 9.30. The third-order valence-corrected chi connectivity index (χ3v) is 6.55. The van der Waals surface area contributed by atoms with Crippen LogP contribution in [0.4, 0.5) is 5.69 Å².